The number of hydrogen-bond donors (Lipinski definition) is 1. The van der Waals surface area contributed by atoms with Gasteiger partial charge in [0.15, 0.2) is 17.8 Å². The summed E-state index contributed by atoms with van der Waals surface area (Å²) in [5.74, 6) is -0.972. The summed E-state index contributed by atoms with van der Waals surface area (Å²) in [6.07, 6.45) is 2.90. The van der Waals surface area contributed by atoms with Crippen LogP contribution in [0.1, 0.15) is 25.5 Å². The van der Waals surface area contributed by atoms with Gasteiger partial charge in [0.1, 0.15) is 3.70 Å². The Balaban J connectivity index is 2.14. The second kappa shape index (κ2) is 4.65. The molecule has 2 aromatic rings. The molecule has 0 bridgehead atoms. The number of ether oxygens (including phenoxy) is 1. The van der Waals surface area contributed by atoms with Gasteiger partial charge < -0.3 is 9.84 Å². The number of aromatic nitrogens is 2. The molecule has 2 heterocycles. The molecule has 1 unspecified atom stereocenters. The van der Waals surface area contributed by atoms with Gasteiger partial charge in [0.25, 0.3) is 0 Å². The van der Waals surface area contributed by atoms with E-state index in [4.69, 9.17) is 4.74 Å². The van der Waals surface area contributed by atoms with Crippen molar-refractivity contribution < 1.29 is 14.2 Å². The Morgan fingerprint density at radius 2 is 2.28 bits per heavy atom. The third-order valence-corrected chi connectivity index (χ3v) is 3.96. The molecule has 4 nitrogen and oxygen atoms in total. The van der Waals surface area contributed by atoms with E-state index in [2.05, 4.69) is 27.7 Å². The van der Waals surface area contributed by atoms with Crippen molar-refractivity contribution in [1.29, 1.82) is 0 Å². The minimum Gasteiger partial charge on any atom is -0.505 e. The topological polar surface area (TPSA) is 47.3 Å². The van der Waals surface area contributed by atoms with Crippen molar-refractivity contribution in [2.24, 2.45) is 0 Å². The highest BCUT2D eigenvalue weighted by Gasteiger charge is 2.21. The molecule has 0 saturated carbocycles. The molecule has 1 saturated heterocycles. The molecule has 18 heavy (non-hydrogen) atoms. The van der Waals surface area contributed by atoms with Crippen LogP contribution in [0.4, 0.5) is 4.39 Å². The first kappa shape index (κ1) is 12.2. The minimum atomic E-state index is -0.629. The SMILES string of the molecule is Oc1cc2c(I)nn(C3CCCCO3)c2cc1F. The number of aromatic hydroxyl groups is 1. The average molecular weight is 362 g/mol. The Hall–Kier alpha value is -0.890. The number of fused-ring (bicyclic) bond motifs is 1. The van der Waals surface area contributed by atoms with E-state index in [-0.39, 0.29) is 12.0 Å². The van der Waals surface area contributed by atoms with E-state index in [1.165, 1.54) is 12.1 Å². The molecule has 3 rings (SSSR count). The monoisotopic (exact) mass is 362 g/mol. The summed E-state index contributed by atoms with van der Waals surface area (Å²) in [7, 11) is 0. The largest absolute Gasteiger partial charge is 0.505 e. The Morgan fingerprint density at radius 1 is 1.44 bits per heavy atom. The predicted octanol–water partition coefficient (Wildman–Crippen LogP) is 3.18. The Bertz CT molecular complexity index is 593. The zero-order valence-electron chi connectivity index (χ0n) is 9.57. The van der Waals surface area contributed by atoms with Gasteiger partial charge in [0.2, 0.25) is 0 Å². The van der Waals surface area contributed by atoms with Gasteiger partial charge >= 0.3 is 0 Å². The Morgan fingerprint density at radius 3 is 3.00 bits per heavy atom. The molecule has 0 radical (unpaired) electrons. The van der Waals surface area contributed by atoms with Crippen LogP contribution in [0.3, 0.4) is 0 Å². The summed E-state index contributed by atoms with van der Waals surface area (Å²) in [5.41, 5.74) is 0.668. The maximum Gasteiger partial charge on any atom is 0.166 e. The smallest absolute Gasteiger partial charge is 0.166 e. The number of rotatable bonds is 1. The lowest BCUT2D eigenvalue weighted by molar-refractivity contribution is -0.0368. The standard InChI is InChI=1S/C12H12FIN2O2/c13-8-6-9-7(5-10(8)17)12(14)15-16(9)11-3-1-2-4-18-11/h5-6,11,17H,1-4H2. The number of hydrogen-bond acceptors (Lipinski definition) is 3. The highest BCUT2D eigenvalue weighted by molar-refractivity contribution is 14.1. The first-order valence-electron chi connectivity index (χ1n) is 5.84. The van der Waals surface area contributed by atoms with Crippen LogP contribution in [0.2, 0.25) is 0 Å². The molecule has 1 N–H and O–H groups in total. The lowest BCUT2D eigenvalue weighted by atomic mass is 10.2. The third-order valence-electron chi connectivity index (χ3n) is 3.16. The van der Waals surface area contributed by atoms with E-state index in [9.17, 15) is 9.50 Å². The molecule has 1 aliphatic rings. The van der Waals surface area contributed by atoms with Gasteiger partial charge in [-0.1, -0.05) is 0 Å². The van der Waals surface area contributed by atoms with Crippen molar-refractivity contribution in [3.63, 3.8) is 0 Å². The number of phenolic OH excluding ortho intramolecular Hbond substituents is 1. The van der Waals surface area contributed by atoms with Crippen LogP contribution in [0.25, 0.3) is 10.9 Å². The van der Waals surface area contributed by atoms with Crippen molar-refractivity contribution in [3.05, 3.63) is 21.7 Å². The number of phenols is 1. The zero-order valence-corrected chi connectivity index (χ0v) is 11.7. The van der Waals surface area contributed by atoms with E-state index < -0.39 is 5.82 Å². The lowest BCUT2D eigenvalue weighted by Gasteiger charge is -2.23. The molecular weight excluding hydrogens is 350 g/mol. The fourth-order valence-corrected chi connectivity index (χ4v) is 2.91. The molecule has 1 aliphatic heterocycles. The number of nitrogens with zero attached hydrogens (tertiary/aromatic N) is 2. The van der Waals surface area contributed by atoms with Gasteiger partial charge in [-0.2, -0.15) is 5.10 Å². The molecule has 1 aromatic heterocycles. The maximum absolute atomic E-state index is 13.5. The van der Waals surface area contributed by atoms with E-state index in [1.807, 2.05) is 0 Å². The quantitative estimate of drug-likeness (QED) is 0.793. The van der Waals surface area contributed by atoms with E-state index >= 15 is 0 Å². The van der Waals surface area contributed by atoms with Crippen molar-refractivity contribution in [2.45, 2.75) is 25.5 Å². The molecule has 1 atom stereocenters. The highest BCUT2D eigenvalue weighted by Crippen LogP contribution is 2.31. The summed E-state index contributed by atoms with van der Waals surface area (Å²) < 4.78 is 21.6. The summed E-state index contributed by atoms with van der Waals surface area (Å²) in [5, 5.41) is 14.6. The van der Waals surface area contributed by atoms with Crippen molar-refractivity contribution in [3.8, 4) is 5.75 Å². The lowest BCUT2D eigenvalue weighted by Crippen LogP contribution is -2.19. The molecular formula is C12H12FIN2O2. The second-order valence-corrected chi connectivity index (χ2v) is 5.40. The van der Waals surface area contributed by atoms with Crippen LogP contribution in [0.5, 0.6) is 5.75 Å². The number of benzene rings is 1. The predicted molar refractivity (Wildman–Crippen MR) is 72.9 cm³/mol. The Kier molecular flexibility index (Phi) is 3.14. The second-order valence-electron chi connectivity index (χ2n) is 4.38. The van der Waals surface area contributed by atoms with Gasteiger partial charge in [-0.25, -0.2) is 9.07 Å². The summed E-state index contributed by atoms with van der Waals surface area (Å²) in [6.45, 7) is 0.711. The highest BCUT2D eigenvalue weighted by atomic mass is 127. The fourth-order valence-electron chi connectivity index (χ4n) is 2.24. The van der Waals surface area contributed by atoms with Crippen LogP contribution >= 0.6 is 22.6 Å². The molecule has 0 spiro atoms. The van der Waals surface area contributed by atoms with Gasteiger partial charge in [-0.3, -0.25) is 0 Å². The molecule has 1 fully saturated rings. The van der Waals surface area contributed by atoms with Gasteiger partial charge in [0.05, 0.1) is 5.52 Å². The van der Waals surface area contributed by atoms with E-state index in [1.54, 1.807) is 4.68 Å². The normalized spacial score (nSPS) is 20.4. The average Bonchev–Trinajstić information content (AvgIpc) is 2.69. The summed E-state index contributed by atoms with van der Waals surface area (Å²) in [6, 6.07) is 2.73. The van der Waals surface area contributed by atoms with Gasteiger partial charge in [-0.15, -0.1) is 0 Å². The summed E-state index contributed by atoms with van der Waals surface area (Å²) in [4.78, 5) is 0. The first-order chi connectivity index (χ1) is 8.66. The van der Waals surface area contributed by atoms with Crippen molar-refractivity contribution in [2.75, 3.05) is 6.61 Å². The van der Waals surface area contributed by atoms with Crippen LogP contribution in [0.15, 0.2) is 12.1 Å². The van der Waals surface area contributed by atoms with E-state index in [0.29, 0.717) is 12.1 Å². The first-order valence-corrected chi connectivity index (χ1v) is 6.92. The molecule has 0 aliphatic carbocycles. The van der Waals surface area contributed by atoms with Gasteiger partial charge in [0, 0.05) is 18.1 Å². The summed E-state index contributed by atoms with van der Waals surface area (Å²) >= 11 is 2.08. The van der Waals surface area contributed by atoms with Crippen LogP contribution in [0, 0.1) is 9.52 Å². The molecule has 0 amide bonds. The fraction of sp³-hybridized carbons (Fsp3) is 0.417. The van der Waals surface area contributed by atoms with Crippen molar-refractivity contribution in [1.82, 2.24) is 9.78 Å². The minimum absolute atomic E-state index is 0.131. The maximum atomic E-state index is 13.5. The van der Waals surface area contributed by atoms with Crippen LogP contribution in [-0.2, 0) is 4.74 Å². The van der Waals surface area contributed by atoms with Crippen molar-refractivity contribution >= 4 is 33.5 Å². The van der Waals surface area contributed by atoms with Crippen LogP contribution in [-0.4, -0.2) is 21.5 Å². The van der Waals surface area contributed by atoms with Gasteiger partial charge in [-0.05, 0) is 47.9 Å². The molecule has 1 aromatic carbocycles. The van der Waals surface area contributed by atoms with Crippen LogP contribution < -0.4 is 0 Å². The third kappa shape index (κ3) is 1.97. The zero-order chi connectivity index (χ0) is 12.7. The van der Waals surface area contributed by atoms with E-state index in [0.717, 1.165) is 28.3 Å². The number of halogens is 2. The molecule has 6 heteroatoms. The Labute approximate surface area is 117 Å². The molecule has 96 valence electrons.